The van der Waals surface area contributed by atoms with Crippen molar-refractivity contribution in [2.24, 2.45) is 0 Å². The quantitative estimate of drug-likeness (QED) is 0.496. The minimum Gasteiger partial charge on any atom is -0.478 e. The van der Waals surface area contributed by atoms with Crippen LogP contribution in [0.4, 0.5) is 5.69 Å². The highest BCUT2D eigenvalue weighted by atomic mass is 32.2. The molecule has 0 spiro atoms. The third-order valence-electron chi connectivity index (χ3n) is 4.54. The largest absolute Gasteiger partial charge is 0.478 e. The zero-order chi connectivity index (χ0) is 21.7. The second-order valence-corrected chi connectivity index (χ2v) is 8.28. The number of thioether (sulfide) groups is 1. The summed E-state index contributed by atoms with van der Waals surface area (Å²) in [6.45, 7) is 2.26. The summed E-state index contributed by atoms with van der Waals surface area (Å²) in [6.07, 6.45) is 2.84. The number of aryl methyl sites for hydroxylation is 1. The molecule has 0 bridgehead atoms. The monoisotopic (exact) mass is 440 g/mol. The Kier molecular flexibility index (Phi) is 7.02. The minimum absolute atomic E-state index is 0.0750. The van der Waals surface area contributed by atoms with Crippen LogP contribution >= 0.6 is 24.0 Å². The van der Waals surface area contributed by atoms with Crippen molar-refractivity contribution in [3.05, 3.63) is 70.1 Å². The van der Waals surface area contributed by atoms with Crippen LogP contribution in [0, 0.1) is 0 Å². The van der Waals surface area contributed by atoms with Crippen molar-refractivity contribution >= 4 is 57.8 Å². The van der Waals surface area contributed by atoms with Crippen LogP contribution in [0.1, 0.15) is 34.8 Å². The summed E-state index contributed by atoms with van der Waals surface area (Å²) < 4.78 is 0.426. The maximum absolute atomic E-state index is 12.7. The molecule has 2 aromatic carbocycles. The summed E-state index contributed by atoms with van der Waals surface area (Å²) in [7, 11) is 0. The first-order chi connectivity index (χ1) is 14.4. The summed E-state index contributed by atoms with van der Waals surface area (Å²) in [5.41, 5.74) is 2.78. The fourth-order valence-corrected chi connectivity index (χ4v) is 4.14. The van der Waals surface area contributed by atoms with Gasteiger partial charge in [0, 0.05) is 18.7 Å². The number of benzene rings is 2. The summed E-state index contributed by atoms with van der Waals surface area (Å²) in [4.78, 5) is 37.7. The van der Waals surface area contributed by atoms with E-state index < -0.39 is 5.97 Å². The molecule has 30 heavy (non-hydrogen) atoms. The van der Waals surface area contributed by atoms with E-state index in [9.17, 15) is 14.4 Å². The summed E-state index contributed by atoms with van der Waals surface area (Å²) in [6, 6.07) is 13.9. The van der Waals surface area contributed by atoms with Gasteiger partial charge in [-0.25, -0.2) is 4.79 Å². The van der Waals surface area contributed by atoms with Crippen LogP contribution in [0.3, 0.4) is 0 Å². The molecular weight excluding hydrogens is 420 g/mol. The number of thiocarbonyl (C=S) groups is 1. The molecule has 2 amide bonds. The molecule has 6 nitrogen and oxygen atoms in total. The summed E-state index contributed by atoms with van der Waals surface area (Å²) in [5, 5.41) is 11.6. The van der Waals surface area contributed by atoms with Gasteiger partial charge in [-0.2, -0.15) is 0 Å². The molecule has 0 saturated carbocycles. The maximum Gasteiger partial charge on any atom is 0.335 e. The Morgan fingerprint density at radius 3 is 2.40 bits per heavy atom. The van der Waals surface area contributed by atoms with E-state index >= 15 is 0 Å². The van der Waals surface area contributed by atoms with Crippen LogP contribution < -0.4 is 5.32 Å². The normalized spacial score (nSPS) is 15.0. The Hall–Kier alpha value is -2.97. The van der Waals surface area contributed by atoms with Crippen LogP contribution in [0.25, 0.3) is 6.08 Å². The third kappa shape index (κ3) is 5.34. The molecule has 1 aliphatic rings. The number of hydrogen-bond donors (Lipinski definition) is 2. The summed E-state index contributed by atoms with van der Waals surface area (Å²) >= 11 is 6.54. The number of carboxylic acid groups (broad SMARTS) is 1. The predicted molar refractivity (Wildman–Crippen MR) is 122 cm³/mol. The van der Waals surface area contributed by atoms with Crippen LogP contribution in [0.2, 0.25) is 0 Å². The van der Waals surface area contributed by atoms with Gasteiger partial charge in [-0.3, -0.25) is 14.5 Å². The predicted octanol–water partition coefficient (Wildman–Crippen LogP) is 4.18. The molecule has 8 heteroatoms. The zero-order valence-corrected chi connectivity index (χ0v) is 17.9. The lowest BCUT2D eigenvalue weighted by Crippen LogP contribution is -2.31. The van der Waals surface area contributed by atoms with Gasteiger partial charge in [-0.05, 0) is 47.9 Å². The van der Waals surface area contributed by atoms with Crippen molar-refractivity contribution in [3.8, 4) is 0 Å². The highest BCUT2D eigenvalue weighted by molar-refractivity contribution is 8.26. The fourth-order valence-electron chi connectivity index (χ4n) is 2.83. The first kappa shape index (κ1) is 21.7. The van der Waals surface area contributed by atoms with E-state index in [1.165, 1.54) is 46.5 Å². The lowest BCUT2D eigenvalue weighted by molar-refractivity contribution is -0.122. The molecule has 1 saturated heterocycles. The van der Waals surface area contributed by atoms with Crippen molar-refractivity contribution in [2.45, 2.75) is 19.8 Å². The van der Waals surface area contributed by atoms with Gasteiger partial charge in [-0.1, -0.05) is 55.2 Å². The molecule has 1 fully saturated rings. The van der Waals surface area contributed by atoms with Gasteiger partial charge in [0.25, 0.3) is 5.91 Å². The highest BCUT2D eigenvalue weighted by Crippen LogP contribution is 2.32. The number of nitrogens with one attached hydrogen (secondary N) is 1. The number of hydrogen-bond acceptors (Lipinski definition) is 5. The van der Waals surface area contributed by atoms with Gasteiger partial charge in [0.2, 0.25) is 5.91 Å². The first-order valence-electron chi connectivity index (χ1n) is 9.35. The Morgan fingerprint density at radius 2 is 1.80 bits per heavy atom. The number of aromatic carboxylic acids is 1. The zero-order valence-electron chi connectivity index (χ0n) is 16.3. The number of carbonyl (C=O) groups is 3. The molecule has 3 rings (SSSR count). The highest BCUT2D eigenvalue weighted by Gasteiger charge is 2.32. The van der Waals surface area contributed by atoms with Crippen molar-refractivity contribution in [1.29, 1.82) is 0 Å². The molecule has 0 aromatic heterocycles. The van der Waals surface area contributed by atoms with Crippen molar-refractivity contribution < 1.29 is 19.5 Å². The average Bonchev–Trinajstić information content (AvgIpc) is 3.00. The second kappa shape index (κ2) is 9.69. The second-order valence-electron chi connectivity index (χ2n) is 6.61. The lowest BCUT2D eigenvalue weighted by atomic mass is 10.1. The van der Waals surface area contributed by atoms with Crippen molar-refractivity contribution in [1.82, 2.24) is 4.90 Å². The van der Waals surface area contributed by atoms with Gasteiger partial charge < -0.3 is 10.4 Å². The number of amides is 2. The van der Waals surface area contributed by atoms with Crippen LogP contribution in [-0.4, -0.2) is 38.7 Å². The number of nitrogens with zero attached hydrogens (tertiary/aromatic N) is 1. The standard InChI is InChI=1S/C22H20N2O4S2/c1-2-14-3-5-15(6-4-14)13-18-20(26)24(22(29)30-18)12-11-19(25)23-17-9-7-16(8-10-17)21(27)28/h3-10,13H,2,11-12H2,1H3,(H,23,25)(H,27,28)/b18-13-. The number of anilines is 1. The smallest absolute Gasteiger partial charge is 0.335 e. The molecule has 2 N–H and O–H groups in total. The molecule has 0 unspecified atom stereocenters. The van der Waals surface area contributed by atoms with E-state index in [2.05, 4.69) is 12.2 Å². The van der Waals surface area contributed by atoms with Crippen LogP contribution in [0.15, 0.2) is 53.4 Å². The molecule has 1 aliphatic heterocycles. The van der Waals surface area contributed by atoms with Crippen LogP contribution in [-0.2, 0) is 16.0 Å². The van der Waals surface area contributed by atoms with E-state index in [1.807, 2.05) is 30.3 Å². The molecule has 1 heterocycles. The molecular formula is C22H20N2O4S2. The Labute approximate surface area is 184 Å². The first-order valence-corrected chi connectivity index (χ1v) is 10.6. The van der Waals surface area contributed by atoms with Crippen molar-refractivity contribution in [3.63, 3.8) is 0 Å². The molecule has 154 valence electrons. The lowest BCUT2D eigenvalue weighted by Gasteiger charge is -2.14. The van der Waals surface area contributed by atoms with Gasteiger partial charge in [0.1, 0.15) is 4.32 Å². The Balaban J connectivity index is 1.57. The van der Waals surface area contributed by atoms with Crippen LogP contribution in [0.5, 0.6) is 0 Å². The molecule has 0 aliphatic carbocycles. The molecule has 0 radical (unpaired) electrons. The number of rotatable bonds is 7. The Bertz CT molecular complexity index is 1010. The Morgan fingerprint density at radius 1 is 1.13 bits per heavy atom. The SMILES string of the molecule is CCc1ccc(/C=C2\SC(=S)N(CCC(=O)Nc3ccc(C(=O)O)cc3)C2=O)cc1. The molecule has 2 aromatic rings. The topological polar surface area (TPSA) is 86.7 Å². The average molecular weight is 441 g/mol. The van der Waals surface area contributed by atoms with Gasteiger partial charge in [0.15, 0.2) is 0 Å². The van der Waals surface area contributed by atoms with E-state index in [1.54, 1.807) is 0 Å². The van der Waals surface area contributed by atoms with Crippen molar-refractivity contribution in [2.75, 3.05) is 11.9 Å². The number of carbonyl (C=O) groups excluding carboxylic acids is 2. The third-order valence-corrected chi connectivity index (χ3v) is 5.92. The van der Waals surface area contributed by atoms with Gasteiger partial charge in [0.05, 0.1) is 10.5 Å². The number of carboxylic acids is 1. The minimum atomic E-state index is -1.03. The van der Waals surface area contributed by atoms with E-state index in [0.29, 0.717) is 14.9 Å². The van der Waals surface area contributed by atoms with E-state index in [4.69, 9.17) is 17.3 Å². The van der Waals surface area contributed by atoms with Gasteiger partial charge in [-0.15, -0.1) is 0 Å². The van der Waals surface area contributed by atoms with E-state index in [0.717, 1.165) is 12.0 Å². The van der Waals surface area contributed by atoms with Gasteiger partial charge >= 0.3 is 5.97 Å². The molecule has 0 atom stereocenters. The summed E-state index contributed by atoms with van der Waals surface area (Å²) in [5.74, 6) is -1.52. The van der Waals surface area contributed by atoms with E-state index in [-0.39, 0.29) is 30.3 Å². The fraction of sp³-hybridized carbons (Fsp3) is 0.182. The maximum atomic E-state index is 12.7.